The van der Waals surface area contributed by atoms with E-state index in [4.69, 9.17) is 0 Å². The lowest BCUT2D eigenvalue weighted by atomic mass is 10.1. The first-order chi connectivity index (χ1) is 9.16. The molecular formula is C13H15N3O3. The molecule has 0 atom stereocenters. The number of pyridine rings is 1. The molecule has 0 spiro atoms. The molecule has 1 aliphatic heterocycles. The molecule has 0 bridgehead atoms. The van der Waals surface area contributed by atoms with Gasteiger partial charge in [-0.25, -0.2) is 9.78 Å². The predicted molar refractivity (Wildman–Crippen MR) is 69.6 cm³/mol. The summed E-state index contributed by atoms with van der Waals surface area (Å²) in [5.41, 5.74) is 0.813. The fourth-order valence-corrected chi connectivity index (χ4v) is 2.48. The maximum Gasteiger partial charge on any atom is 0.356 e. The zero-order valence-electron chi connectivity index (χ0n) is 10.4. The number of piperidine rings is 1. The first kappa shape index (κ1) is 12.0. The minimum absolute atomic E-state index is 0.187. The Morgan fingerprint density at radius 3 is 2.74 bits per heavy atom. The highest BCUT2D eigenvalue weighted by atomic mass is 16.4. The van der Waals surface area contributed by atoms with Crippen LogP contribution in [0.5, 0.6) is 0 Å². The van der Waals surface area contributed by atoms with Crippen molar-refractivity contribution in [2.45, 2.75) is 18.9 Å². The smallest absolute Gasteiger partial charge is 0.356 e. The van der Waals surface area contributed by atoms with Crippen LogP contribution >= 0.6 is 0 Å². The van der Waals surface area contributed by atoms with Gasteiger partial charge >= 0.3 is 5.97 Å². The van der Waals surface area contributed by atoms with E-state index in [-0.39, 0.29) is 11.8 Å². The molecule has 3 rings (SSSR count). The molecule has 0 amide bonds. The summed E-state index contributed by atoms with van der Waals surface area (Å²) in [7, 11) is 0. The highest BCUT2D eigenvalue weighted by Crippen LogP contribution is 2.25. The standard InChI is InChI=1S/C13H15N3O3/c17-9-4-7-15(8-5-9)12-11(13(18)19)16-6-2-1-3-10(16)14-12/h1-3,6,9,17H,4-5,7-8H2,(H,18,19). The number of rotatable bonds is 2. The predicted octanol–water partition coefficient (Wildman–Crippen LogP) is 0.994. The fourth-order valence-electron chi connectivity index (χ4n) is 2.48. The summed E-state index contributed by atoms with van der Waals surface area (Å²) in [5, 5.41) is 18.9. The molecule has 0 radical (unpaired) electrons. The number of imidazole rings is 1. The lowest BCUT2D eigenvalue weighted by Gasteiger charge is -2.29. The zero-order valence-corrected chi connectivity index (χ0v) is 10.4. The average molecular weight is 261 g/mol. The minimum Gasteiger partial charge on any atom is -0.476 e. The van der Waals surface area contributed by atoms with Gasteiger partial charge in [-0.2, -0.15) is 0 Å². The van der Waals surface area contributed by atoms with Crippen LogP contribution in [0.25, 0.3) is 5.65 Å². The number of carboxylic acid groups (broad SMARTS) is 1. The maximum absolute atomic E-state index is 11.5. The second-order valence-corrected chi connectivity index (χ2v) is 4.74. The summed E-state index contributed by atoms with van der Waals surface area (Å²) < 4.78 is 1.59. The molecule has 0 saturated carbocycles. The summed E-state index contributed by atoms with van der Waals surface area (Å²) in [6, 6.07) is 5.40. The van der Waals surface area contributed by atoms with Gasteiger partial charge in [0.25, 0.3) is 0 Å². The molecule has 6 heteroatoms. The van der Waals surface area contributed by atoms with Crippen LogP contribution in [0, 0.1) is 0 Å². The summed E-state index contributed by atoms with van der Waals surface area (Å²) in [6.07, 6.45) is 2.70. The van der Waals surface area contributed by atoms with Crippen LogP contribution in [0.3, 0.4) is 0 Å². The van der Waals surface area contributed by atoms with Crippen LogP contribution in [0.15, 0.2) is 24.4 Å². The van der Waals surface area contributed by atoms with Crippen LogP contribution in [-0.4, -0.2) is 44.8 Å². The van der Waals surface area contributed by atoms with Crippen molar-refractivity contribution in [3.63, 3.8) is 0 Å². The molecule has 3 heterocycles. The Kier molecular flexibility index (Phi) is 2.87. The summed E-state index contributed by atoms with van der Waals surface area (Å²) in [6.45, 7) is 1.26. The molecule has 100 valence electrons. The Hall–Kier alpha value is -2.08. The number of carboxylic acids is 1. The van der Waals surface area contributed by atoms with Gasteiger partial charge in [0.1, 0.15) is 5.65 Å². The zero-order chi connectivity index (χ0) is 13.4. The lowest BCUT2D eigenvalue weighted by Crippen LogP contribution is -2.36. The van der Waals surface area contributed by atoms with Crippen molar-refractivity contribution in [1.29, 1.82) is 0 Å². The van der Waals surface area contributed by atoms with E-state index in [1.165, 1.54) is 0 Å². The number of aromatic nitrogens is 2. The van der Waals surface area contributed by atoms with E-state index in [9.17, 15) is 15.0 Å². The van der Waals surface area contributed by atoms with Crippen molar-refractivity contribution in [2.24, 2.45) is 0 Å². The van der Waals surface area contributed by atoms with Gasteiger partial charge in [-0.3, -0.25) is 4.40 Å². The summed E-state index contributed by atoms with van der Waals surface area (Å²) in [4.78, 5) is 17.8. The van der Waals surface area contributed by atoms with Gasteiger partial charge in [-0.15, -0.1) is 0 Å². The van der Waals surface area contributed by atoms with Crippen LogP contribution in [0.1, 0.15) is 23.3 Å². The van der Waals surface area contributed by atoms with E-state index < -0.39 is 5.97 Å². The molecule has 1 aliphatic rings. The van der Waals surface area contributed by atoms with E-state index in [0.29, 0.717) is 37.4 Å². The number of hydrogen-bond acceptors (Lipinski definition) is 4. The number of hydrogen-bond donors (Lipinski definition) is 2. The Bertz CT molecular complexity index is 615. The van der Waals surface area contributed by atoms with E-state index in [0.717, 1.165) is 0 Å². The van der Waals surface area contributed by atoms with Crippen molar-refractivity contribution in [2.75, 3.05) is 18.0 Å². The van der Waals surface area contributed by atoms with E-state index >= 15 is 0 Å². The fraction of sp³-hybridized carbons (Fsp3) is 0.385. The molecule has 6 nitrogen and oxygen atoms in total. The van der Waals surface area contributed by atoms with E-state index in [1.54, 1.807) is 22.7 Å². The maximum atomic E-state index is 11.5. The van der Waals surface area contributed by atoms with Gasteiger partial charge in [0.05, 0.1) is 6.10 Å². The number of carbonyl (C=O) groups is 1. The van der Waals surface area contributed by atoms with Gasteiger partial charge in [-0.1, -0.05) is 6.07 Å². The Morgan fingerprint density at radius 1 is 1.32 bits per heavy atom. The van der Waals surface area contributed by atoms with E-state index in [1.807, 2.05) is 11.0 Å². The van der Waals surface area contributed by atoms with Crippen LogP contribution < -0.4 is 4.90 Å². The third kappa shape index (κ3) is 2.04. The number of aliphatic hydroxyl groups is 1. The average Bonchev–Trinajstić information content (AvgIpc) is 2.78. The molecule has 0 aromatic carbocycles. The Labute approximate surface area is 109 Å². The monoisotopic (exact) mass is 261 g/mol. The van der Waals surface area contributed by atoms with Gasteiger partial charge in [0.2, 0.25) is 0 Å². The number of fused-ring (bicyclic) bond motifs is 1. The number of aromatic carboxylic acids is 1. The van der Waals surface area contributed by atoms with Crippen LogP contribution in [-0.2, 0) is 0 Å². The third-order valence-electron chi connectivity index (χ3n) is 3.48. The molecule has 19 heavy (non-hydrogen) atoms. The van der Waals surface area contributed by atoms with Crippen molar-refractivity contribution in [3.05, 3.63) is 30.1 Å². The van der Waals surface area contributed by atoms with Crippen molar-refractivity contribution in [1.82, 2.24) is 9.38 Å². The number of anilines is 1. The van der Waals surface area contributed by atoms with Gasteiger partial charge in [0, 0.05) is 19.3 Å². The van der Waals surface area contributed by atoms with Crippen molar-refractivity contribution in [3.8, 4) is 0 Å². The number of aliphatic hydroxyl groups excluding tert-OH is 1. The first-order valence-electron chi connectivity index (χ1n) is 6.30. The topological polar surface area (TPSA) is 78.1 Å². The molecular weight excluding hydrogens is 246 g/mol. The molecule has 2 N–H and O–H groups in total. The van der Waals surface area contributed by atoms with E-state index in [2.05, 4.69) is 4.98 Å². The Balaban J connectivity index is 2.07. The number of nitrogens with zero attached hydrogens (tertiary/aromatic N) is 3. The van der Waals surface area contributed by atoms with Crippen LogP contribution in [0.2, 0.25) is 0 Å². The highest BCUT2D eigenvalue weighted by Gasteiger charge is 2.26. The summed E-state index contributed by atoms with van der Waals surface area (Å²) >= 11 is 0. The lowest BCUT2D eigenvalue weighted by molar-refractivity contribution is 0.0690. The van der Waals surface area contributed by atoms with Gasteiger partial charge < -0.3 is 15.1 Å². The molecule has 2 aromatic rings. The first-order valence-corrected chi connectivity index (χ1v) is 6.30. The quantitative estimate of drug-likeness (QED) is 0.843. The molecule has 2 aromatic heterocycles. The second kappa shape index (κ2) is 4.55. The second-order valence-electron chi connectivity index (χ2n) is 4.74. The Morgan fingerprint density at radius 2 is 2.05 bits per heavy atom. The van der Waals surface area contributed by atoms with Gasteiger partial charge in [-0.05, 0) is 25.0 Å². The normalized spacial score (nSPS) is 17.0. The largest absolute Gasteiger partial charge is 0.476 e. The highest BCUT2D eigenvalue weighted by molar-refractivity contribution is 5.93. The van der Waals surface area contributed by atoms with Crippen LogP contribution in [0.4, 0.5) is 5.82 Å². The minimum atomic E-state index is -0.986. The van der Waals surface area contributed by atoms with Gasteiger partial charge in [0.15, 0.2) is 11.5 Å². The SMILES string of the molecule is O=C(O)c1c(N2CCC(O)CC2)nc2ccccn12. The molecule has 0 aliphatic carbocycles. The third-order valence-corrected chi connectivity index (χ3v) is 3.48. The summed E-state index contributed by atoms with van der Waals surface area (Å²) in [5.74, 6) is -0.495. The van der Waals surface area contributed by atoms with Crippen molar-refractivity contribution >= 4 is 17.4 Å². The molecule has 1 fully saturated rings. The molecule has 1 saturated heterocycles. The molecule has 0 unspecified atom stereocenters. The van der Waals surface area contributed by atoms with Crippen molar-refractivity contribution < 1.29 is 15.0 Å².